The number of carbonyl (C=O) groups excluding carboxylic acids is 2. The summed E-state index contributed by atoms with van der Waals surface area (Å²) in [6.45, 7) is 4.26. The van der Waals surface area contributed by atoms with Gasteiger partial charge in [-0.15, -0.1) is 0 Å². The number of quaternary nitrogens is 1. The second-order valence-corrected chi connectivity index (χ2v) is 7.75. The van der Waals surface area contributed by atoms with Crippen LogP contribution in [-0.2, 0) is 14.3 Å². The third-order valence-electron chi connectivity index (χ3n) is 5.90. The Balaban J connectivity index is 1.74. The molecule has 2 aliphatic rings. The number of aliphatic hydroxyl groups excluding tert-OH is 1. The topological polar surface area (TPSA) is 80.5 Å². The Morgan fingerprint density at radius 3 is 2.58 bits per heavy atom. The summed E-state index contributed by atoms with van der Waals surface area (Å²) in [5.74, 6) is -0.779. The number of nitrogens with zero attached hydrogens (tertiary/aromatic N) is 1. The van der Waals surface area contributed by atoms with Gasteiger partial charge in [0.15, 0.2) is 0 Å². The molecule has 0 unspecified atom stereocenters. The fourth-order valence-corrected chi connectivity index (χ4v) is 4.21. The standard InChI is InChI=1S/C24H26N2O5/c1-30-19-9-5-8-18(16-19)21-20(22(27)17-6-3-2-4-7-17)23(28)24(29)26(21)11-10-25-12-14-31-15-13-25/h2-9,16,21,27H,10-15H2,1H3/p+1/t21-/m1/s1. The molecular weight excluding hydrogens is 396 g/mol. The van der Waals surface area contributed by atoms with E-state index in [1.165, 1.54) is 4.90 Å². The van der Waals surface area contributed by atoms with Gasteiger partial charge < -0.3 is 24.4 Å². The molecule has 0 aromatic heterocycles. The Labute approximate surface area is 181 Å². The maximum atomic E-state index is 13.1. The molecule has 0 aliphatic carbocycles. The fourth-order valence-electron chi connectivity index (χ4n) is 4.21. The first-order valence-corrected chi connectivity index (χ1v) is 10.5. The van der Waals surface area contributed by atoms with Crippen LogP contribution >= 0.6 is 0 Å². The minimum absolute atomic E-state index is 0.112. The number of benzene rings is 2. The molecule has 7 heteroatoms. The van der Waals surface area contributed by atoms with Gasteiger partial charge in [-0.3, -0.25) is 9.59 Å². The molecule has 0 spiro atoms. The third kappa shape index (κ3) is 4.33. The van der Waals surface area contributed by atoms with Gasteiger partial charge in [-0.05, 0) is 17.7 Å². The Hall–Kier alpha value is -3.16. The molecule has 0 bridgehead atoms. The molecule has 7 nitrogen and oxygen atoms in total. The summed E-state index contributed by atoms with van der Waals surface area (Å²) in [7, 11) is 1.57. The Morgan fingerprint density at radius 2 is 1.87 bits per heavy atom. The number of ether oxygens (including phenoxy) is 2. The fraction of sp³-hybridized carbons (Fsp3) is 0.333. The van der Waals surface area contributed by atoms with Crippen LogP contribution in [0.4, 0.5) is 0 Å². The van der Waals surface area contributed by atoms with Crippen LogP contribution in [0.3, 0.4) is 0 Å². The lowest BCUT2D eigenvalue weighted by Crippen LogP contribution is -3.14. The van der Waals surface area contributed by atoms with Crippen molar-refractivity contribution in [2.75, 3.05) is 46.5 Å². The molecule has 4 rings (SSSR count). The van der Waals surface area contributed by atoms with Gasteiger partial charge in [0.25, 0.3) is 11.7 Å². The lowest BCUT2D eigenvalue weighted by molar-refractivity contribution is -0.907. The smallest absolute Gasteiger partial charge is 0.295 e. The zero-order chi connectivity index (χ0) is 21.8. The zero-order valence-electron chi connectivity index (χ0n) is 17.5. The van der Waals surface area contributed by atoms with Crippen LogP contribution in [0.1, 0.15) is 17.2 Å². The summed E-state index contributed by atoms with van der Waals surface area (Å²) in [4.78, 5) is 29.0. The Morgan fingerprint density at radius 1 is 1.13 bits per heavy atom. The number of morpholine rings is 1. The molecule has 2 fully saturated rings. The third-order valence-corrected chi connectivity index (χ3v) is 5.90. The van der Waals surface area contributed by atoms with E-state index in [-0.39, 0.29) is 11.3 Å². The van der Waals surface area contributed by atoms with Gasteiger partial charge in [0, 0.05) is 5.56 Å². The average molecular weight is 423 g/mol. The predicted octanol–water partition coefficient (Wildman–Crippen LogP) is 1.03. The van der Waals surface area contributed by atoms with Crippen LogP contribution in [0.2, 0.25) is 0 Å². The van der Waals surface area contributed by atoms with Crippen molar-refractivity contribution < 1.29 is 29.1 Å². The number of aliphatic hydroxyl groups is 1. The van der Waals surface area contributed by atoms with Crippen LogP contribution in [-0.4, -0.2) is 68.2 Å². The van der Waals surface area contributed by atoms with Crippen molar-refractivity contribution in [3.05, 3.63) is 71.3 Å². The lowest BCUT2D eigenvalue weighted by atomic mass is 9.95. The van der Waals surface area contributed by atoms with Crippen molar-refractivity contribution >= 4 is 17.4 Å². The van der Waals surface area contributed by atoms with Gasteiger partial charge >= 0.3 is 0 Å². The number of carbonyl (C=O) groups is 2. The van der Waals surface area contributed by atoms with E-state index in [0.29, 0.717) is 37.6 Å². The number of hydrogen-bond donors (Lipinski definition) is 2. The molecule has 2 saturated heterocycles. The lowest BCUT2D eigenvalue weighted by Gasteiger charge is -2.29. The van der Waals surface area contributed by atoms with Crippen molar-refractivity contribution in [2.24, 2.45) is 0 Å². The molecule has 2 heterocycles. The zero-order valence-corrected chi connectivity index (χ0v) is 17.5. The first-order valence-electron chi connectivity index (χ1n) is 10.5. The van der Waals surface area contributed by atoms with Crippen LogP contribution < -0.4 is 9.64 Å². The van der Waals surface area contributed by atoms with Crippen molar-refractivity contribution in [2.45, 2.75) is 6.04 Å². The van der Waals surface area contributed by atoms with Crippen molar-refractivity contribution in [3.8, 4) is 5.75 Å². The number of methoxy groups -OCH3 is 1. The first kappa shape index (κ1) is 21.1. The largest absolute Gasteiger partial charge is 0.507 e. The minimum atomic E-state index is -0.671. The summed E-state index contributed by atoms with van der Waals surface area (Å²) in [5.41, 5.74) is 1.35. The van der Waals surface area contributed by atoms with Gasteiger partial charge in [-0.1, -0.05) is 42.5 Å². The quantitative estimate of drug-likeness (QED) is 0.412. The molecule has 0 radical (unpaired) electrons. The number of rotatable bonds is 6. The van der Waals surface area contributed by atoms with E-state index in [2.05, 4.69) is 0 Å². The van der Waals surface area contributed by atoms with E-state index in [1.807, 2.05) is 30.3 Å². The number of amides is 1. The maximum Gasteiger partial charge on any atom is 0.295 e. The molecule has 31 heavy (non-hydrogen) atoms. The van der Waals surface area contributed by atoms with Crippen LogP contribution in [0.5, 0.6) is 5.75 Å². The minimum Gasteiger partial charge on any atom is -0.507 e. The summed E-state index contributed by atoms with van der Waals surface area (Å²) in [6.07, 6.45) is 0. The molecular formula is C24H27N2O5+. The SMILES string of the molecule is COc1cccc([C@@H]2C(=C(O)c3ccccc3)C(=O)C(=O)N2CC[NH+]2CCOCC2)c1. The van der Waals surface area contributed by atoms with Gasteiger partial charge in [-0.2, -0.15) is 0 Å². The Bertz CT molecular complexity index is 982. The van der Waals surface area contributed by atoms with E-state index >= 15 is 0 Å². The number of Topliss-reactive ketones (excluding diaryl/α,β-unsaturated/α-hetero) is 1. The van der Waals surface area contributed by atoms with Gasteiger partial charge in [0.2, 0.25) is 0 Å². The van der Waals surface area contributed by atoms with E-state index < -0.39 is 17.7 Å². The molecule has 1 atom stereocenters. The van der Waals surface area contributed by atoms with Crippen LogP contribution in [0, 0.1) is 0 Å². The summed E-state index contributed by atoms with van der Waals surface area (Å²) >= 11 is 0. The highest BCUT2D eigenvalue weighted by molar-refractivity contribution is 6.46. The monoisotopic (exact) mass is 423 g/mol. The second kappa shape index (κ2) is 9.32. The van der Waals surface area contributed by atoms with E-state index in [0.717, 1.165) is 18.7 Å². The molecule has 162 valence electrons. The highest BCUT2D eigenvalue weighted by Gasteiger charge is 2.46. The van der Waals surface area contributed by atoms with Crippen molar-refractivity contribution in [3.63, 3.8) is 0 Å². The normalized spacial score (nSPS) is 21.5. The van der Waals surface area contributed by atoms with Crippen LogP contribution in [0.15, 0.2) is 60.2 Å². The van der Waals surface area contributed by atoms with Gasteiger partial charge in [-0.25, -0.2) is 0 Å². The molecule has 1 amide bonds. The summed E-state index contributed by atoms with van der Waals surface area (Å²) < 4.78 is 10.8. The Kier molecular flexibility index (Phi) is 6.34. The molecule has 2 aromatic carbocycles. The number of likely N-dealkylation sites (tertiary alicyclic amines) is 1. The highest BCUT2D eigenvalue weighted by atomic mass is 16.5. The van der Waals surface area contributed by atoms with Crippen molar-refractivity contribution in [1.29, 1.82) is 0 Å². The first-order chi connectivity index (χ1) is 15.1. The number of nitrogens with one attached hydrogen (secondary N) is 1. The predicted molar refractivity (Wildman–Crippen MR) is 115 cm³/mol. The number of hydrogen-bond acceptors (Lipinski definition) is 5. The maximum absolute atomic E-state index is 13.1. The molecule has 0 saturated carbocycles. The molecule has 2 aromatic rings. The van der Waals surface area contributed by atoms with E-state index in [1.54, 1.807) is 36.3 Å². The summed E-state index contributed by atoms with van der Waals surface area (Å²) in [5, 5.41) is 11.0. The van der Waals surface area contributed by atoms with Crippen LogP contribution in [0.25, 0.3) is 5.76 Å². The highest BCUT2D eigenvalue weighted by Crippen LogP contribution is 2.39. The van der Waals surface area contributed by atoms with E-state index in [9.17, 15) is 14.7 Å². The second-order valence-electron chi connectivity index (χ2n) is 7.75. The van der Waals surface area contributed by atoms with Gasteiger partial charge in [0.1, 0.15) is 24.6 Å². The van der Waals surface area contributed by atoms with Crippen molar-refractivity contribution in [1.82, 2.24) is 4.90 Å². The van der Waals surface area contributed by atoms with Gasteiger partial charge in [0.05, 0.1) is 45.0 Å². The molecule has 2 N–H and O–H groups in total. The average Bonchev–Trinajstić information content (AvgIpc) is 3.08. The molecule has 2 aliphatic heterocycles. The number of ketones is 1. The summed E-state index contributed by atoms with van der Waals surface area (Å²) in [6, 6.07) is 15.5. The van der Waals surface area contributed by atoms with E-state index in [4.69, 9.17) is 9.47 Å².